The minimum absolute atomic E-state index is 0.00599. The van der Waals surface area contributed by atoms with E-state index in [-0.39, 0.29) is 15.6 Å². The largest absolute Gasteiger partial charge is 0.234 e. The van der Waals surface area contributed by atoms with Gasteiger partial charge in [-0.1, -0.05) is 53.5 Å². The minimum atomic E-state index is -0.563. The third kappa shape index (κ3) is 2.31. The van der Waals surface area contributed by atoms with E-state index in [2.05, 4.69) is 20.5 Å². The van der Waals surface area contributed by atoms with Crippen LogP contribution in [0.25, 0.3) is 27.7 Å². The zero-order valence-electron chi connectivity index (χ0n) is 12.0. The lowest BCUT2D eigenvalue weighted by Crippen LogP contribution is -2.03. The van der Waals surface area contributed by atoms with E-state index in [9.17, 15) is 4.39 Å². The Morgan fingerprint density at radius 1 is 1.00 bits per heavy atom. The molecule has 4 rings (SSSR count). The highest BCUT2D eigenvalue weighted by molar-refractivity contribution is 6.34. The van der Waals surface area contributed by atoms with Gasteiger partial charge in [0.05, 0.1) is 10.5 Å². The molecule has 24 heavy (non-hydrogen) atoms. The van der Waals surface area contributed by atoms with Crippen LogP contribution in [0.5, 0.6) is 0 Å². The first-order valence-corrected chi connectivity index (χ1v) is 7.68. The fourth-order valence-electron chi connectivity index (χ4n) is 2.61. The second kappa shape index (κ2) is 5.81. The first kappa shape index (κ1) is 15.0. The van der Waals surface area contributed by atoms with Crippen molar-refractivity contribution in [2.24, 2.45) is 0 Å². The summed E-state index contributed by atoms with van der Waals surface area (Å²) in [6.45, 7) is 0. The third-order valence-corrected chi connectivity index (χ3v) is 4.17. The van der Waals surface area contributed by atoms with Crippen LogP contribution >= 0.6 is 23.2 Å². The molecule has 0 amide bonds. The molecule has 0 fully saturated rings. The summed E-state index contributed by atoms with van der Waals surface area (Å²) >= 11 is 12.3. The predicted molar refractivity (Wildman–Crippen MR) is 89.9 cm³/mol. The minimum Gasteiger partial charge on any atom is -0.234 e. The molecule has 0 unspecified atom stereocenters. The number of hydrogen-bond donors (Lipinski definition) is 0. The molecule has 0 aliphatic rings. The second-order valence-corrected chi connectivity index (χ2v) is 5.77. The van der Waals surface area contributed by atoms with Gasteiger partial charge in [-0.05, 0) is 28.1 Å². The molecule has 4 aromatic rings. The van der Waals surface area contributed by atoms with Crippen LogP contribution in [0.2, 0.25) is 10.2 Å². The van der Waals surface area contributed by atoms with Gasteiger partial charge in [-0.25, -0.2) is 9.37 Å². The maximum atomic E-state index is 14.8. The lowest BCUT2D eigenvalue weighted by Gasteiger charge is -2.15. The topological polar surface area (TPSA) is 56.5 Å². The van der Waals surface area contributed by atoms with Gasteiger partial charge in [0.2, 0.25) is 0 Å². The summed E-state index contributed by atoms with van der Waals surface area (Å²) in [5.41, 5.74) is 2.07. The SMILES string of the molecule is Fc1c(Cl)ccc2nc(Cl)c(-n3cnnn3)c(-c3ccccc3)c12. The molecule has 2 aromatic heterocycles. The van der Waals surface area contributed by atoms with Crippen LogP contribution < -0.4 is 0 Å². The standard InChI is InChI=1S/C16H8Cl2FN5/c17-10-6-7-11-13(14(10)19)12(9-4-2-1-3-5-9)15(16(18)21-11)24-8-20-22-23-24/h1-8H. The van der Waals surface area contributed by atoms with E-state index in [0.717, 1.165) is 5.56 Å². The van der Waals surface area contributed by atoms with E-state index in [1.54, 1.807) is 6.07 Å². The number of hydrogen-bond acceptors (Lipinski definition) is 4. The molecule has 2 aromatic carbocycles. The molecule has 0 N–H and O–H groups in total. The first-order chi connectivity index (χ1) is 11.7. The van der Waals surface area contributed by atoms with Crippen molar-refractivity contribution in [3.05, 3.63) is 64.8 Å². The smallest absolute Gasteiger partial charge is 0.156 e. The van der Waals surface area contributed by atoms with E-state index >= 15 is 0 Å². The average molecular weight is 360 g/mol. The van der Waals surface area contributed by atoms with Crippen LogP contribution in [0.4, 0.5) is 4.39 Å². The molecular weight excluding hydrogens is 352 g/mol. The van der Waals surface area contributed by atoms with Gasteiger partial charge >= 0.3 is 0 Å². The first-order valence-electron chi connectivity index (χ1n) is 6.93. The normalized spacial score (nSPS) is 11.1. The van der Waals surface area contributed by atoms with Crippen LogP contribution in [0.3, 0.4) is 0 Å². The highest BCUT2D eigenvalue weighted by Crippen LogP contribution is 2.39. The molecule has 0 bridgehead atoms. The maximum Gasteiger partial charge on any atom is 0.156 e. The van der Waals surface area contributed by atoms with Gasteiger partial charge < -0.3 is 0 Å². The molecule has 0 saturated heterocycles. The molecule has 0 saturated carbocycles. The summed E-state index contributed by atoms with van der Waals surface area (Å²) in [7, 11) is 0. The van der Waals surface area contributed by atoms with Crippen LogP contribution in [0, 0.1) is 5.82 Å². The van der Waals surface area contributed by atoms with E-state index in [1.807, 2.05) is 30.3 Å². The maximum absolute atomic E-state index is 14.8. The molecule has 2 heterocycles. The van der Waals surface area contributed by atoms with Gasteiger partial charge in [0.15, 0.2) is 11.0 Å². The van der Waals surface area contributed by atoms with Crippen molar-refractivity contribution in [3.8, 4) is 16.8 Å². The van der Waals surface area contributed by atoms with Gasteiger partial charge in [-0.3, -0.25) is 0 Å². The monoisotopic (exact) mass is 359 g/mol. The second-order valence-electron chi connectivity index (χ2n) is 5.00. The summed E-state index contributed by atoms with van der Waals surface area (Å²) in [6.07, 6.45) is 1.38. The van der Waals surface area contributed by atoms with Crippen LogP contribution in [0.1, 0.15) is 0 Å². The molecule has 5 nitrogen and oxygen atoms in total. The zero-order chi connectivity index (χ0) is 16.7. The number of aromatic nitrogens is 5. The quantitative estimate of drug-likeness (QED) is 0.500. The van der Waals surface area contributed by atoms with Gasteiger partial charge in [0, 0.05) is 10.9 Å². The van der Waals surface area contributed by atoms with Gasteiger partial charge in [-0.15, -0.1) is 5.10 Å². The number of tetrazole rings is 1. The lowest BCUT2D eigenvalue weighted by molar-refractivity contribution is 0.640. The van der Waals surface area contributed by atoms with Crippen molar-refractivity contribution >= 4 is 34.1 Å². The molecule has 0 aliphatic heterocycles. The average Bonchev–Trinajstić information content (AvgIpc) is 3.12. The lowest BCUT2D eigenvalue weighted by atomic mass is 9.99. The summed E-state index contributed by atoms with van der Waals surface area (Å²) in [6, 6.07) is 12.3. The molecule has 0 radical (unpaired) electrons. The van der Waals surface area contributed by atoms with E-state index in [0.29, 0.717) is 16.8 Å². The van der Waals surface area contributed by atoms with Crippen molar-refractivity contribution in [2.45, 2.75) is 0 Å². The number of nitrogens with zero attached hydrogens (tertiary/aromatic N) is 5. The molecule has 8 heteroatoms. The Labute approximate surface area is 145 Å². The van der Waals surface area contributed by atoms with Crippen molar-refractivity contribution in [2.75, 3.05) is 0 Å². The zero-order valence-corrected chi connectivity index (χ0v) is 13.5. The highest BCUT2D eigenvalue weighted by atomic mass is 35.5. The van der Waals surface area contributed by atoms with E-state index in [4.69, 9.17) is 23.2 Å². The molecule has 0 atom stereocenters. The van der Waals surface area contributed by atoms with Crippen molar-refractivity contribution in [3.63, 3.8) is 0 Å². The predicted octanol–water partition coefficient (Wildman–Crippen LogP) is 4.32. The summed E-state index contributed by atoms with van der Waals surface area (Å²) in [5, 5.41) is 11.5. The Morgan fingerprint density at radius 2 is 1.79 bits per heavy atom. The Bertz CT molecular complexity index is 1040. The number of rotatable bonds is 2. The van der Waals surface area contributed by atoms with Crippen molar-refractivity contribution in [1.82, 2.24) is 25.2 Å². The van der Waals surface area contributed by atoms with Gasteiger partial charge in [0.1, 0.15) is 12.0 Å². The Kier molecular flexibility index (Phi) is 3.63. The fourth-order valence-corrected chi connectivity index (χ4v) is 3.04. The number of halogens is 3. The fraction of sp³-hybridized carbons (Fsp3) is 0. The number of benzene rings is 2. The number of pyridine rings is 1. The Morgan fingerprint density at radius 3 is 2.50 bits per heavy atom. The van der Waals surface area contributed by atoms with Gasteiger partial charge in [0.25, 0.3) is 0 Å². The molecule has 0 aliphatic carbocycles. The highest BCUT2D eigenvalue weighted by Gasteiger charge is 2.21. The van der Waals surface area contributed by atoms with Crippen molar-refractivity contribution in [1.29, 1.82) is 0 Å². The third-order valence-electron chi connectivity index (χ3n) is 3.61. The van der Waals surface area contributed by atoms with Crippen molar-refractivity contribution < 1.29 is 4.39 Å². The molecule has 118 valence electrons. The van der Waals surface area contributed by atoms with Crippen LogP contribution in [-0.4, -0.2) is 25.2 Å². The number of fused-ring (bicyclic) bond motifs is 1. The van der Waals surface area contributed by atoms with Gasteiger partial charge in [-0.2, -0.15) is 4.68 Å². The van der Waals surface area contributed by atoms with E-state index in [1.165, 1.54) is 17.1 Å². The summed E-state index contributed by atoms with van der Waals surface area (Å²) in [5.74, 6) is -0.563. The van der Waals surface area contributed by atoms with E-state index < -0.39 is 5.82 Å². The Hall–Kier alpha value is -2.57. The molecular formula is C16H8Cl2FN5. The molecule has 0 spiro atoms. The summed E-state index contributed by atoms with van der Waals surface area (Å²) < 4.78 is 16.2. The van der Waals surface area contributed by atoms with Crippen LogP contribution in [-0.2, 0) is 0 Å². The summed E-state index contributed by atoms with van der Waals surface area (Å²) in [4.78, 5) is 4.27. The van der Waals surface area contributed by atoms with Crippen LogP contribution in [0.15, 0.2) is 48.8 Å². The Balaban J connectivity index is 2.23.